The molecule has 34 heavy (non-hydrogen) atoms. The normalized spacial score (nSPS) is 16.8. The highest BCUT2D eigenvalue weighted by Gasteiger charge is 2.35. The van der Waals surface area contributed by atoms with Crippen molar-refractivity contribution in [2.24, 2.45) is 16.0 Å². The van der Waals surface area contributed by atoms with Crippen molar-refractivity contribution in [2.45, 2.75) is 34.1 Å². The molecular formula is C23H24N6O4S. The van der Waals surface area contributed by atoms with Crippen molar-refractivity contribution < 1.29 is 14.5 Å². The third kappa shape index (κ3) is 4.14. The number of ether oxygens (including phenoxy) is 1. The minimum atomic E-state index is -0.484. The van der Waals surface area contributed by atoms with Crippen LogP contribution in [0, 0.1) is 35.3 Å². The monoisotopic (exact) mass is 480 g/mol. The lowest BCUT2D eigenvalue weighted by atomic mass is 10.1. The summed E-state index contributed by atoms with van der Waals surface area (Å²) < 4.78 is 7.30. The Morgan fingerprint density at radius 3 is 2.68 bits per heavy atom. The molecule has 1 amide bonds. The fourth-order valence-electron chi connectivity index (χ4n) is 3.89. The number of carbonyl (C=O) groups is 1. The molecule has 0 saturated heterocycles. The Kier molecular flexibility index (Phi) is 6.13. The van der Waals surface area contributed by atoms with Crippen LogP contribution >= 0.6 is 11.8 Å². The van der Waals surface area contributed by atoms with Crippen LogP contribution in [0.25, 0.3) is 11.8 Å². The minimum absolute atomic E-state index is 0.0148. The highest BCUT2D eigenvalue weighted by atomic mass is 32.2. The van der Waals surface area contributed by atoms with Crippen LogP contribution in [0.15, 0.2) is 39.9 Å². The number of amides is 1. The zero-order chi connectivity index (χ0) is 24.7. The van der Waals surface area contributed by atoms with Gasteiger partial charge in [-0.2, -0.15) is 15.1 Å². The number of aryl methyl sites for hydroxylation is 1. The maximum atomic E-state index is 12.8. The molecule has 10 nitrogen and oxygen atoms in total. The summed E-state index contributed by atoms with van der Waals surface area (Å²) in [6.45, 7) is 7.93. The van der Waals surface area contributed by atoms with Gasteiger partial charge in [0, 0.05) is 23.9 Å². The van der Waals surface area contributed by atoms with Crippen molar-refractivity contribution in [3.63, 3.8) is 0 Å². The Morgan fingerprint density at radius 1 is 1.29 bits per heavy atom. The number of non-ortho nitro benzene ring substituents is 1. The van der Waals surface area contributed by atoms with Crippen molar-refractivity contribution in [3.8, 4) is 11.4 Å². The molecule has 0 fully saturated rings. The first-order valence-electron chi connectivity index (χ1n) is 10.6. The lowest BCUT2D eigenvalue weighted by Gasteiger charge is -2.20. The van der Waals surface area contributed by atoms with Gasteiger partial charge in [0.05, 0.1) is 29.4 Å². The number of nitro groups is 1. The van der Waals surface area contributed by atoms with Crippen molar-refractivity contribution in [2.75, 3.05) is 7.11 Å². The van der Waals surface area contributed by atoms with Crippen LogP contribution in [-0.2, 0) is 4.79 Å². The van der Waals surface area contributed by atoms with Gasteiger partial charge in [-0.05, 0) is 55.3 Å². The second-order valence-corrected chi connectivity index (χ2v) is 9.43. The first-order chi connectivity index (χ1) is 16.1. The second-order valence-electron chi connectivity index (χ2n) is 8.39. The Balaban J connectivity index is 1.73. The number of nitrogens with one attached hydrogen (secondary N) is 1. The number of aromatic nitrogens is 1. The molecule has 0 atom stereocenters. The number of fused-ring (bicyclic) bond motifs is 1. The van der Waals surface area contributed by atoms with E-state index in [-0.39, 0.29) is 17.1 Å². The van der Waals surface area contributed by atoms with Crippen LogP contribution < -0.4 is 4.74 Å². The van der Waals surface area contributed by atoms with E-state index in [1.165, 1.54) is 36.0 Å². The van der Waals surface area contributed by atoms with Gasteiger partial charge in [0.15, 0.2) is 5.84 Å². The van der Waals surface area contributed by atoms with E-state index < -0.39 is 10.8 Å². The van der Waals surface area contributed by atoms with Gasteiger partial charge in [0.25, 0.3) is 11.6 Å². The molecule has 1 aromatic heterocycles. The summed E-state index contributed by atoms with van der Waals surface area (Å²) in [5.41, 5.74) is 3.06. The van der Waals surface area contributed by atoms with E-state index >= 15 is 0 Å². The minimum Gasteiger partial charge on any atom is -0.494 e. The zero-order valence-corrected chi connectivity index (χ0v) is 20.3. The average molecular weight is 481 g/mol. The van der Waals surface area contributed by atoms with Crippen molar-refractivity contribution in [1.29, 1.82) is 5.41 Å². The van der Waals surface area contributed by atoms with Gasteiger partial charge in [-0.3, -0.25) is 20.3 Å². The van der Waals surface area contributed by atoms with Gasteiger partial charge >= 0.3 is 0 Å². The molecule has 0 aliphatic carbocycles. The molecule has 0 bridgehead atoms. The van der Waals surface area contributed by atoms with Crippen molar-refractivity contribution in [1.82, 2.24) is 9.58 Å². The van der Waals surface area contributed by atoms with Gasteiger partial charge in [0.1, 0.15) is 10.8 Å². The molecular weight excluding hydrogens is 456 g/mol. The number of thioether (sulfide) groups is 1. The number of benzene rings is 1. The number of hydrazone groups is 1. The second kappa shape index (κ2) is 8.90. The van der Waals surface area contributed by atoms with E-state index in [4.69, 9.17) is 10.1 Å². The number of rotatable bonds is 6. The highest BCUT2D eigenvalue weighted by molar-refractivity contribution is 8.26. The average Bonchev–Trinajstić information content (AvgIpc) is 3.29. The molecule has 11 heteroatoms. The maximum absolute atomic E-state index is 12.8. The van der Waals surface area contributed by atoms with Crippen LogP contribution in [0.2, 0.25) is 0 Å². The van der Waals surface area contributed by atoms with Gasteiger partial charge in [-0.25, -0.2) is 0 Å². The van der Waals surface area contributed by atoms with Crippen LogP contribution in [0.3, 0.4) is 0 Å². The van der Waals surface area contributed by atoms with Crippen molar-refractivity contribution >= 4 is 45.5 Å². The first-order valence-corrected chi connectivity index (χ1v) is 11.4. The molecule has 0 radical (unpaired) electrons. The molecule has 2 aliphatic heterocycles. The van der Waals surface area contributed by atoms with E-state index in [9.17, 15) is 14.9 Å². The predicted octanol–water partition coefficient (Wildman–Crippen LogP) is 4.68. The molecule has 1 N–H and O–H groups in total. The Hall–Kier alpha value is -3.73. The number of amidine groups is 2. The maximum Gasteiger partial charge on any atom is 0.283 e. The van der Waals surface area contributed by atoms with Crippen LogP contribution in [0.1, 0.15) is 37.2 Å². The smallest absolute Gasteiger partial charge is 0.283 e. The molecule has 1 aromatic carbocycles. The van der Waals surface area contributed by atoms with Crippen LogP contribution in [0.4, 0.5) is 5.69 Å². The third-order valence-corrected chi connectivity index (χ3v) is 6.40. The lowest BCUT2D eigenvalue weighted by molar-refractivity contribution is -0.384. The molecule has 2 aromatic rings. The van der Waals surface area contributed by atoms with Gasteiger partial charge < -0.3 is 9.30 Å². The van der Waals surface area contributed by atoms with E-state index in [2.05, 4.69) is 23.9 Å². The summed E-state index contributed by atoms with van der Waals surface area (Å²) in [5, 5.41) is 26.9. The third-order valence-electron chi connectivity index (χ3n) is 5.46. The summed E-state index contributed by atoms with van der Waals surface area (Å²) in [6.07, 6.45) is 2.39. The molecule has 0 saturated carbocycles. The summed E-state index contributed by atoms with van der Waals surface area (Å²) in [6, 6.07) is 6.31. The van der Waals surface area contributed by atoms with Crippen LogP contribution in [0.5, 0.6) is 5.75 Å². The van der Waals surface area contributed by atoms with Crippen LogP contribution in [-0.4, -0.2) is 43.6 Å². The Morgan fingerprint density at radius 2 is 2.03 bits per heavy atom. The number of aliphatic imine (C=N–C) groups is 1. The number of hydrogen-bond acceptors (Lipinski definition) is 7. The summed E-state index contributed by atoms with van der Waals surface area (Å²) >= 11 is 1.32. The number of methoxy groups -OCH3 is 1. The topological polar surface area (TPSA) is 126 Å². The standard InChI is InChI=1S/C23H24N6O4S/c1-12(2)8-20-26-28-21(24)17(22(30)25-23(28)34-20)10-15-9-13(3)27(14(15)4)18-7-6-16(29(31)32)11-19(18)33-5/h6-7,9-12,24H,8H2,1-5H3. The number of carbonyl (C=O) groups excluding carboxylic acids is 1. The van der Waals surface area contributed by atoms with Gasteiger partial charge in [0.2, 0.25) is 5.17 Å². The number of hydrogen-bond donors (Lipinski definition) is 1. The molecule has 0 spiro atoms. The predicted molar refractivity (Wildman–Crippen MR) is 133 cm³/mol. The Labute approximate surface area is 200 Å². The molecule has 4 rings (SSSR count). The molecule has 176 valence electrons. The number of nitro benzene ring substituents is 1. The highest BCUT2D eigenvalue weighted by Crippen LogP contribution is 2.34. The fraction of sp³-hybridized carbons (Fsp3) is 0.304. The lowest BCUT2D eigenvalue weighted by Crippen LogP contribution is -2.35. The SMILES string of the molecule is COc1cc([N+](=O)[O-])ccc1-n1c(C)cc(C=C2C(=N)N3N=C(CC(C)C)SC3=NC2=O)c1C. The molecule has 3 heterocycles. The van der Waals surface area contributed by atoms with Crippen molar-refractivity contribution in [3.05, 3.63) is 56.9 Å². The zero-order valence-electron chi connectivity index (χ0n) is 19.4. The Bertz CT molecular complexity index is 1320. The molecule has 2 aliphatic rings. The summed E-state index contributed by atoms with van der Waals surface area (Å²) in [5.74, 6) is 0.253. The summed E-state index contributed by atoms with van der Waals surface area (Å²) in [7, 11) is 1.46. The first kappa shape index (κ1) is 23.4. The van der Waals surface area contributed by atoms with E-state index in [1.54, 1.807) is 12.1 Å². The van der Waals surface area contributed by atoms with Gasteiger partial charge in [-0.1, -0.05) is 13.8 Å². The number of nitrogens with zero attached hydrogens (tertiary/aromatic N) is 5. The molecule has 0 unspecified atom stereocenters. The largest absolute Gasteiger partial charge is 0.494 e. The van der Waals surface area contributed by atoms with E-state index in [0.717, 1.165) is 28.4 Å². The fourth-order valence-corrected chi connectivity index (χ4v) is 4.99. The van der Waals surface area contributed by atoms with E-state index in [0.29, 0.717) is 22.5 Å². The van der Waals surface area contributed by atoms with Gasteiger partial charge in [-0.15, -0.1) is 0 Å². The summed E-state index contributed by atoms with van der Waals surface area (Å²) in [4.78, 5) is 27.6. The quantitative estimate of drug-likeness (QED) is 0.363. The van der Waals surface area contributed by atoms with E-state index in [1.807, 2.05) is 24.5 Å².